The van der Waals surface area contributed by atoms with Crippen molar-refractivity contribution in [1.82, 2.24) is 4.90 Å². The molecule has 0 aromatic heterocycles. The Labute approximate surface area is 288 Å². The first-order chi connectivity index (χ1) is 23.2. The average molecular weight is 692 g/mol. The Balaban J connectivity index is 2.00. The molecule has 0 radical (unpaired) electrons. The molecule has 2 saturated heterocycles. The van der Waals surface area contributed by atoms with Gasteiger partial charge in [0.15, 0.2) is 12.5 Å². The van der Waals surface area contributed by atoms with Crippen LogP contribution in [0.4, 0.5) is 0 Å². The third-order valence-corrected chi connectivity index (χ3v) is 9.85. The molecule has 1 amide bonds. The molecule has 0 spiro atoms. The number of nitrogens with zero attached hydrogens (tertiary/aromatic N) is 1. The predicted octanol–water partition coefficient (Wildman–Crippen LogP) is 3.28. The summed E-state index contributed by atoms with van der Waals surface area (Å²) in [7, 11) is 0. The first kappa shape index (κ1) is 43.2. The van der Waals surface area contributed by atoms with E-state index in [-0.39, 0.29) is 12.3 Å². The zero-order valence-electron chi connectivity index (χ0n) is 29.7. The summed E-state index contributed by atoms with van der Waals surface area (Å²) in [6, 6.07) is 0. The summed E-state index contributed by atoms with van der Waals surface area (Å²) < 4.78 is 17.2. The zero-order valence-corrected chi connectivity index (χ0v) is 29.7. The molecule has 7 N–H and O–H groups in total. The molecular formula is C36H69NO11. The number of ether oxygens (including phenoxy) is 3. The Morgan fingerprint density at radius 3 is 1.54 bits per heavy atom. The number of unbranched alkanes of at least 4 members (excludes halogenated alkanes) is 17. The molecular weight excluding hydrogens is 622 g/mol. The van der Waals surface area contributed by atoms with Crippen molar-refractivity contribution in [3.05, 3.63) is 0 Å². The minimum Gasteiger partial charge on any atom is -0.394 e. The number of hydrogen-bond donors (Lipinski definition) is 7. The fourth-order valence-corrected chi connectivity index (χ4v) is 6.72. The predicted molar refractivity (Wildman–Crippen MR) is 182 cm³/mol. The summed E-state index contributed by atoms with van der Waals surface area (Å²) in [5.41, 5.74) is 0. The molecule has 48 heavy (non-hydrogen) atoms. The molecule has 12 nitrogen and oxygen atoms in total. The fourth-order valence-electron chi connectivity index (χ4n) is 6.72. The van der Waals surface area contributed by atoms with E-state index in [0.29, 0.717) is 19.4 Å². The summed E-state index contributed by atoms with van der Waals surface area (Å²) in [6.45, 7) is 3.44. The smallest absolute Gasteiger partial charge is 0.224 e. The Hall–Kier alpha value is -0.930. The Kier molecular flexibility index (Phi) is 22.6. The molecule has 10 atom stereocenters. The molecule has 0 aliphatic carbocycles. The minimum atomic E-state index is -1.74. The van der Waals surface area contributed by atoms with Crippen LogP contribution < -0.4 is 0 Å². The van der Waals surface area contributed by atoms with Gasteiger partial charge in [-0.25, -0.2) is 0 Å². The molecule has 2 fully saturated rings. The lowest BCUT2D eigenvalue weighted by molar-refractivity contribution is -0.348. The van der Waals surface area contributed by atoms with Gasteiger partial charge < -0.3 is 54.9 Å². The third kappa shape index (κ3) is 14.4. The second kappa shape index (κ2) is 25.1. The SMILES string of the molecule is CCCCCCCCCCCCN(C(=O)CCCCCCCCCCC)[C@H]1O[C@H](CO)[C@@H](O[C@@H]2O[C@H](CO)[C@H](O)[C@H](O)[C@H]2O)[C@H](O)[C@H]1O. The largest absolute Gasteiger partial charge is 0.394 e. The van der Waals surface area contributed by atoms with Gasteiger partial charge in [-0.05, 0) is 12.8 Å². The molecule has 2 heterocycles. The Morgan fingerprint density at radius 1 is 0.562 bits per heavy atom. The molecule has 284 valence electrons. The van der Waals surface area contributed by atoms with Gasteiger partial charge in [-0.2, -0.15) is 0 Å². The van der Waals surface area contributed by atoms with Crippen molar-refractivity contribution < 1.29 is 54.8 Å². The number of amides is 1. The number of carbonyl (C=O) groups excluding carboxylic acids is 1. The maximum atomic E-state index is 13.6. The second-order valence-corrected chi connectivity index (χ2v) is 13.9. The van der Waals surface area contributed by atoms with Gasteiger partial charge in [-0.3, -0.25) is 4.79 Å². The average Bonchev–Trinajstić information content (AvgIpc) is 3.09. The van der Waals surface area contributed by atoms with Crippen LogP contribution in [0, 0.1) is 0 Å². The van der Waals surface area contributed by atoms with E-state index < -0.39 is 74.6 Å². The van der Waals surface area contributed by atoms with Gasteiger partial charge in [0.1, 0.15) is 48.8 Å². The normalized spacial score (nSPS) is 30.9. The minimum absolute atomic E-state index is 0.185. The van der Waals surface area contributed by atoms with Gasteiger partial charge in [0.05, 0.1) is 13.2 Å². The van der Waals surface area contributed by atoms with Crippen molar-refractivity contribution >= 4 is 5.91 Å². The number of hydrogen-bond acceptors (Lipinski definition) is 11. The number of aliphatic hydroxyl groups is 7. The van der Waals surface area contributed by atoms with E-state index >= 15 is 0 Å². The summed E-state index contributed by atoms with van der Waals surface area (Å²) in [6.07, 6.45) is 6.61. The summed E-state index contributed by atoms with van der Waals surface area (Å²) in [5, 5.41) is 72.9. The highest BCUT2D eigenvalue weighted by atomic mass is 16.7. The van der Waals surface area contributed by atoms with Crippen molar-refractivity contribution in [3.63, 3.8) is 0 Å². The number of carbonyl (C=O) groups is 1. The van der Waals surface area contributed by atoms with Crippen LogP contribution in [0.3, 0.4) is 0 Å². The monoisotopic (exact) mass is 691 g/mol. The zero-order chi connectivity index (χ0) is 35.3. The van der Waals surface area contributed by atoms with Gasteiger partial charge in [0.25, 0.3) is 0 Å². The molecule has 0 bridgehead atoms. The van der Waals surface area contributed by atoms with Crippen LogP contribution in [0.2, 0.25) is 0 Å². The maximum absolute atomic E-state index is 13.6. The molecule has 2 aliphatic heterocycles. The molecule has 12 heteroatoms. The van der Waals surface area contributed by atoms with E-state index in [0.717, 1.165) is 38.5 Å². The van der Waals surface area contributed by atoms with E-state index in [9.17, 15) is 40.5 Å². The Morgan fingerprint density at radius 2 is 1.04 bits per heavy atom. The van der Waals surface area contributed by atoms with Crippen LogP contribution in [-0.4, -0.2) is 128 Å². The van der Waals surface area contributed by atoms with Crippen LogP contribution >= 0.6 is 0 Å². The fraction of sp³-hybridized carbons (Fsp3) is 0.972. The van der Waals surface area contributed by atoms with Crippen LogP contribution in [0.25, 0.3) is 0 Å². The maximum Gasteiger partial charge on any atom is 0.224 e. The third-order valence-electron chi connectivity index (χ3n) is 9.85. The molecule has 0 aromatic carbocycles. The Bertz CT molecular complexity index is 819. The standard InChI is InChI=1S/C36H69NO11/c1-3-5-7-9-11-13-15-17-19-21-23-37(28(40)22-20-18-16-14-12-10-8-6-4-2)35-32(44)31(43)34(27(25-39)46-35)48-36-33(45)30(42)29(41)26(24-38)47-36/h26-27,29-36,38-39,41-45H,3-25H2,1-2H3/t26-,27-,29+,30+,31-,32-,33-,34-,35+,36+/m1/s1. The van der Waals surface area contributed by atoms with Crippen LogP contribution in [0.15, 0.2) is 0 Å². The highest BCUT2D eigenvalue weighted by Crippen LogP contribution is 2.31. The summed E-state index contributed by atoms with van der Waals surface area (Å²) in [5.74, 6) is -0.185. The highest BCUT2D eigenvalue weighted by Gasteiger charge is 2.51. The van der Waals surface area contributed by atoms with Gasteiger partial charge in [0.2, 0.25) is 5.91 Å². The molecule has 0 aromatic rings. The van der Waals surface area contributed by atoms with Crippen LogP contribution in [0.5, 0.6) is 0 Å². The van der Waals surface area contributed by atoms with E-state index in [2.05, 4.69) is 13.8 Å². The van der Waals surface area contributed by atoms with Gasteiger partial charge in [-0.1, -0.05) is 123 Å². The first-order valence-corrected chi connectivity index (χ1v) is 19.1. The van der Waals surface area contributed by atoms with Crippen LogP contribution in [-0.2, 0) is 19.0 Å². The van der Waals surface area contributed by atoms with Gasteiger partial charge >= 0.3 is 0 Å². The van der Waals surface area contributed by atoms with Gasteiger partial charge in [-0.15, -0.1) is 0 Å². The van der Waals surface area contributed by atoms with Crippen molar-refractivity contribution in [2.45, 2.75) is 204 Å². The summed E-state index contributed by atoms with van der Waals surface area (Å²) >= 11 is 0. The van der Waals surface area contributed by atoms with E-state index in [1.165, 1.54) is 75.5 Å². The van der Waals surface area contributed by atoms with Gasteiger partial charge in [0, 0.05) is 13.0 Å². The van der Waals surface area contributed by atoms with E-state index in [1.54, 1.807) is 0 Å². The quantitative estimate of drug-likeness (QED) is 0.0660. The molecule has 0 unspecified atom stereocenters. The van der Waals surface area contributed by atoms with E-state index in [1.807, 2.05) is 0 Å². The summed E-state index contributed by atoms with van der Waals surface area (Å²) in [4.78, 5) is 15.1. The first-order valence-electron chi connectivity index (χ1n) is 19.1. The van der Waals surface area contributed by atoms with E-state index in [4.69, 9.17) is 14.2 Å². The second-order valence-electron chi connectivity index (χ2n) is 13.9. The number of rotatable bonds is 26. The topological polar surface area (TPSA) is 190 Å². The van der Waals surface area contributed by atoms with Crippen LogP contribution in [0.1, 0.15) is 142 Å². The lowest BCUT2D eigenvalue weighted by Gasteiger charge is -2.48. The van der Waals surface area contributed by atoms with Crippen molar-refractivity contribution in [3.8, 4) is 0 Å². The molecule has 2 aliphatic rings. The highest BCUT2D eigenvalue weighted by molar-refractivity contribution is 5.76. The lowest BCUT2D eigenvalue weighted by Crippen LogP contribution is -2.67. The van der Waals surface area contributed by atoms with Crippen molar-refractivity contribution in [2.24, 2.45) is 0 Å². The lowest BCUT2D eigenvalue weighted by atomic mass is 9.95. The van der Waals surface area contributed by atoms with Crippen molar-refractivity contribution in [1.29, 1.82) is 0 Å². The molecule has 0 saturated carbocycles. The number of aliphatic hydroxyl groups excluding tert-OH is 7. The molecule has 2 rings (SSSR count). The van der Waals surface area contributed by atoms with Crippen molar-refractivity contribution in [2.75, 3.05) is 19.8 Å².